The minimum atomic E-state index is 0.153. The minimum Gasteiger partial charge on any atom is -0.421 e. The maximum absolute atomic E-state index is 12.7. The van der Waals surface area contributed by atoms with E-state index < -0.39 is 0 Å². The minimum absolute atomic E-state index is 0.153. The first-order valence-electron chi connectivity index (χ1n) is 11.3. The van der Waals surface area contributed by atoms with E-state index in [9.17, 15) is 9.59 Å². The van der Waals surface area contributed by atoms with Gasteiger partial charge in [-0.15, -0.1) is 10.2 Å². The van der Waals surface area contributed by atoms with Gasteiger partial charge in [-0.25, -0.2) is 0 Å². The highest BCUT2D eigenvalue weighted by molar-refractivity contribution is 5.78. The van der Waals surface area contributed by atoms with Crippen LogP contribution in [0.25, 0.3) is 11.5 Å². The Balaban J connectivity index is 1.41. The lowest BCUT2D eigenvalue weighted by molar-refractivity contribution is -0.132. The van der Waals surface area contributed by atoms with Crippen LogP contribution in [0.4, 0.5) is 0 Å². The summed E-state index contributed by atoms with van der Waals surface area (Å²) in [5, 5.41) is 8.19. The van der Waals surface area contributed by atoms with Crippen LogP contribution in [0.1, 0.15) is 39.0 Å². The summed E-state index contributed by atoms with van der Waals surface area (Å²) < 4.78 is 5.72. The first kappa shape index (κ1) is 22.9. The van der Waals surface area contributed by atoms with Gasteiger partial charge in [0.2, 0.25) is 23.6 Å². The Morgan fingerprint density at radius 1 is 1.03 bits per heavy atom. The van der Waals surface area contributed by atoms with E-state index in [1.165, 1.54) is 0 Å². The van der Waals surface area contributed by atoms with Crippen LogP contribution >= 0.6 is 0 Å². The Morgan fingerprint density at radius 2 is 1.81 bits per heavy atom. The van der Waals surface area contributed by atoms with Crippen molar-refractivity contribution >= 4 is 11.8 Å². The molecule has 2 aromatic rings. The van der Waals surface area contributed by atoms with Crippen LogP contribution in [-0.4, -0.2) is 82.5 Å². The number of likely N-dealkylation sites (N-methyl/N-ethyl adjacent to an activating group) is 1. The Hall–Kier alpha value is -2.74. The smallest absolute Gasteiger partial charge is 0.247 e. The maximum atomic E-state index is 12.7. The highest BCUT2D eigenvalue weighted by atomic mass is 16.4. The monoisotopic (exact) mass is 427 g/mol. The van der Waals surface area contributed by atoms with Crippen molar-refractivity contribution in [3.8, 4) is 11.5 Å². The molecular formula is C23H33N5O3. The van der Waals surface area contributed by atoms with Gasteiger partial charge in [0.15, 0.2) is 0 Å². The molecule has 0 N–H and O–H groups in total. The molecule has 0 unspecified atom stereocenters. The molecule has 8 nitrogen and oxygen atoms in total. The van der Waals surface area contributed by atoms with Gasteiger partial charge in [-0.05, 0) is 38.8 Å². The molecule has 0 saturated carbocycles. The zero-order valence-electron chi connectivity index (χ0n) is 18.6. The maximum Gasteiger partial charge on any atom is 0.247 e. The molecule has 0 spiro atoms. The van der Waals surface area contributed by atoms with Crippen molar-refractivity contribution < 1.29 is 14.0 Å². The molecule has 1 saturated heterocycles. The van der Waals surface area contributed by atoms with E-state index in [0.29, 0.717) is 44.1 Å². The van der Waals surface area contributed by atoms with Crippen LogP contribution in [0.15, 0.2) is 34.7 Å². The van der Waals surface area contributed by atoms with Crippen molar-refractivity contribution in [3.05, 3.63) is 36.2 Å². The number of aryl methyl sites for hydroxylation is 1. The molecule has 1 aromatic carbocycles. The number of rotatable bonds is 9. The van der Waals surface area contributed by atoms with E-state index in [-0.39, 0.29) is 11.8 Å². The Labute approximate surface area is 184 Å². The van der Waals surface area contributed by atoms with E-state index in [0.717, 1.165) is 44.7 Å². The molecule has 31 heavy (non-hydrogen) atoms. The van der Waals surface area contributed by atoms with Gasteiger partial charge in [-0.1, -0.05) is 18.2 Å². The van der Waals surface area contributed by atoms with Crippen LogP contribution < -0.4 is 0 Å². The van der Waals surface area contributed by atoms with E-state index in [4.69, 9.17) is 4.42 Å². The molecule has 1 aliphatic heterocycles. The summed E-state index contributed by atoms with van der Waals surface area (Å²) in [4.78, 5) is 31.0. The van der Waals surface area contributed by atoms with Crippen LogP contribution in [0.3, 0.4) is 0 Å². The molecule has 2 heterocycles. The molecule has 1 aliphatic rings. The lowest BCUT2D eigenvalue weighted by Crippen LogP contribution is -2.42. The number of carbonyl (C=O) groups excluding carboxylic acids is 2. The predicted octanol–water partition coefficient (Wildman–Crippen LogP) is 2.46. The predicted molar refractivity (Wildman–Crippen MR) is 118 cm³/mol. The fourth-order valence-electron chi connectivity index (χ4n) is 3.85. The molecule has 2 amide bonds. The van der Waals surface area contributed by atoms with Gasteiger partial charge in [-0.3, -0.25) is 14.5 Å². The highest BCUT2D eigenvalue weighted by Crippen LogP contribution is 2.18. The number of hydrogen-bond donors (Lipinski definition) is 0. The number of carbonyl (C=O) groups is 2. The summed E-state index contributed by atoms with van der Waals surface area (Å²) in [5.74, 6) is 1.39. The van der Waals surface area contributed by atoms with Gasteiger partial charge in [0.1, 0.15) is 0 Å². The first-order chi connectivity index (χ1) is 15.1. The third kappa shape index (κ3) is 6.62. The number of hydrogen-bond acceptors (Lipinski definition) is 6. The summed E-state index contributed by atoms with van der Waals surface area (Å²) in [6, 6.07) is 9.66. The van der Waals surface area contributed by atoms with Crippen LogP contribution in [0.5, 0.6) is 0 Å². The molecule has 1 aromatic heterocycles. The van der Waals surface area contributed by atoms with Gasteiger partial charge < -0.3 is 14.2 Å². The fourth-order valence-corrected chi connectivity index (χ4v) is 3.85. The van der Waals surface area contributed by atoms with Crippen molar-refractivity contribution in [1.29, 1.82) is 0 Å². The van der Waals surface area contributed by atoms with Crippen molar-refractivity contribution in [3.63, 3.8) is 0 Å². The van der Waals surface area contributed by atoms with Crippen molar-refractivity contribution in [2.75, 3.05) is 45.8 Å². The number of aromatic nitrogens is 2. The second kappa shape index (κ2) is 11.6. The molecule has 3 rings (SSSR count). The lowest BCUT2D eigenvalue weighted by atomic mass is 10.2. The Kier molecular flexibility index (Phi) is 8.58. The van der Waals surface area contributed by atoms with Crippen LogP contribution in [0.2, 0.25) is 0 Å². The summed E-state index contributed by atoms with van der Waals surface area (Å²) in [7, 11) is 0. The third-order valence-corrected chi connectivity index (χ3v) is 5.69. The standard InChI is InChI=1S/C23H33N5O3/c1-3-27(4-2)22(30)18-26-14-9-15-28(17-16-26)21(29)13-8-12-20-24-25-23(31-20)19-10-6-5-7-11-19/h5-7,10-11H,3-4,8-9,12-18H2,1-2H3. The Morgan fingerprint density at radius 3 is 2.55 bits per heavy atom. The van der Waals surface area contributed by atoms with E-state index >= 15 is 0 Å². The molecule has 0 atom stereocenters. The second-order valence-electron chi connectivity index (χ2n) is 7.80. The average Bonchev–Trinajstić information content (AvgIpc) is 3.13. The van der Waals surface area contributed by atoms with Crippen LogP contribution in [-0.2, 0) is 16.0 Å². The number of benzene rings is 1. The van der Waals surface area contributed by atoms with Gasteiger partial charge in [0.25, 0.3) is 0 Å². The van der Waals surface area contributed by atoms with Crippen LogP contribution in [0, 0.1) is 0 Å². The van der Waals surface area contributed by atoms with Gasteiger partial charge >= 0.3 is 0 Å². The van der Waals surface area contributed by atoms with E-state index in [1.807, 2.05) is 54.0 Å². The summed E-state index contributed by atoms with van der Waals surface area (Å²) in [5.41, 5.74) is 0.894. The molecule has 1 fully saturated rings. The van der Waals surface area contributed by atoms with Gasteiger partial charge in [0.05, 0.1) is 6.54 Å². The molecule has 0 bridgehead atoms. The third-order valence-electron chi connectivity index (χ3n) is 5.69. The molecule has 168 valence electrons. The molecular weight excluding hydrogens is 394 g/mol. The molecule has 0 aliphatic carbocycles. The highest BCUT2D eigenvalue weighted by Gasteiger charge is 2.21. The summed E-state index contributed by atoms with van der Waals surface area (Å²) in [6.07, 6.45) is 2.61. The van der Waals surface area contributed by atoms with E-state index in [2.05, 4.69) is 15.1 Å². The average molecular weight is 428 g/mol. The number of nitrogens with zero attached hydrogens (tertiary/aromatic N) is 5. The van der Waals surface area contributed by atoms with Crippen molar-refractivity contribution in [2.24, 2.45) is 0 Å². The van der Waals surface area contributed by atoms with Crippen molar-refractivity contribution in [1.82, 2.24) is 24.9 Å². The normalized spacial score (nSPS) is 15.0. The number of amides is 2. The lowest BCUT2D eigenvalue weighted by Gasteiger charge is -2.25. The van der Waals surface area contributed by atoms with E-state index in [1.54, 1.807) is 0 Å². The fraction of sp³-hybridized carbons (Fsp3) is 0.565. The SMILES string of the molecule is CCN(CC)C(=O)CN1CCCN(C(=O)CCCc2nnc(-c3ccccc3)o2)CC1. The Bertz CT molecular complexity index is 835. The van der Waals surface area contributed by atoms with Crippen molar-refractivity contribution in [2.45, 2.75) is 39.5 Å². The summed E-state index contributed by atoms with van der Waals surface area (Å²) in [6.45, 7) is 8.91. The van der Waals surface area contributed by atoms with Gasteiger partial charge in [-0.2, -0.15) is 0 Å². The molecule has 8 heteroatoms. The topological polar surface area (TPSA) is 82.8 Å². The quantitative estimate of drug-likeness (QED) is 0.611. The zero-order valence-corrected chi connectivity index (χ0v) is 18.6. The second-order valence-corrected chi connectivity index (χ2v) is 7.80. The first-order valence-corrected chi connectivity index (χ1v) is 11.3. The molecule has 0 radical (unpaired) electrons. The van der Waals surface area contributed by atoms with Gasteiger partial charge in [0, 0.05) is 57.7 Å². The largest absolute Gasteiger partial charge is 0.421 e. The summed E-state index contributed by atoms with van der Waals surface area (Å²) >= 11 is 0. The zero-order chi connectivity index (χ0) is 22.1.